The molecule has 1 aromatic carbocycles. The lowest BCUT2D eigenvalue weighted by Crippen LogP contribution is -2.38. The van der Waals surface area contributed by atoms with Crippen molar-refractivity contribution in [1.82, 2.24) is 10.3 Å². The predicted molar refractivity (Wildman–Crippen MR) is 75.4 cm³/mol. The van der Waals surface area contributed by atoms with Gasteiger partial charge in [-0.15, -0.1) is 0 Å². The average Bonchev–Trinajstić information content (AvgIpc) is 2.85. The third kappa shape index (κ3) is 3.58. The minimum absolute atomic E-state index is 0.108. The molecule has 106 valence electrons. The summed E-state index contributed by atoms with van der Waals surface area (Å²) in [5.74, 6) is 1.24. The van der Waals surface area contributed by atoms with E-state index in [2.05, 4.69) is 15.6 Å². The minimum atomic E-state index is -0.368. The van der Waals surface area contributed by atoms with Gasteiger partial charge in [0.15, 0.2) is 0 Å². The van der Waals surface area contributed by atoms with E-state index in [-0.39, 0.29) is 18.7 Å². The van der Waals surface area contributed by atoms with Gasteiger partial charge in [0.1, 0.15) is 5.76 Å². The summed E-state index contributed by atoms with van der Waals surface area (Å²) in [5.41, 5.74) is 1.41. The summed E-state index contributed by atoms with van der Waals surface area (Å²) in [7, 11) is 0. The summed E-state index contributed by atoms with van der Waals surface area (Å²) in [6.07, 6.45) is 1.64. The second-order valence-corrected chi connectivity index (χ2v) is 4.54. The van der Waals surface area contributed by atoms with Gasteiger partial charge in [-0.3, -0.25) is 0 Å². The first kappa shape index (κ1) is 14.1. The van der Waals surface area contributed by atoms with Crippen molar-refractivity contribution in [2.75, 3.05) is 11.9 Å². The fourth-order valence-corrected chi connectivity index (χ4v) is 1.65. The average molecular weight is 275 g/mol. The second-order valence-electron chi connectivity index (χ2n) is 4.54. The Labute approximate surface area is 116 Å². The van der Waals surface area contributed by atoms with Crippen molar-refractivity contribution in [3.63, 3.8) is 0 Å². The number of aryl methyl sites for hydroxylation is 1. The van der Waals surface area contributed by atoms with E-state index >= 15 is 0 Å². The molecule has 6 heteroatoms. The summed E-state index contributed by atoms with van der Waals surface area (Å²) >= 11 is 0. The second kappa shape index (κ2) is 6.21. The highest BCUT2D eigenvalue weighted by Gasteiger charge is 2.08. The van der Waals surface area contributed by atoms with E-state index in [1.54, 1.807) is 31.3 Å². The number of benzene rings is 1. The van der Waals surface area contributed by atoms with Gasteiger partial charge in [-0.1, -0.05) is 6.07 Å². The van der Waals surface area contributed by atoms with E-state index in [0.717, 1.165) is 11.3 Å². The number of hydrogen-bond acceptors (Lipinski definition) is 4. The van der Waals surface area contributed by atoms with E-state index < -0.39 is 0 Å². The molecule has 2 amide bonds. The van der Waals surface area contributed by atoms with Crippen LogP contribution >= 0.6 is 0 Å². The number of oxazole rings is 1. The number of anilines is 1. The van der Waals surface area contributed by atoms with Crippen molar-refractivity contribution in [3.8, 4) is 11.5 Å². The van der Waals surface area contributed by atoms with Crippen LogP contribution in [0.4, 0.5) is 10.5 Å². The van der Waals surface area contributed by atoms with Crippen molar-refractivity contribution in [2.45, 2.75) is 19.9 Å². The van der Waals surface area contributed by atoms with Crippen LogP contribution in [0.5, 0.6) is 0 Å². The number of amides is 2. The molecule has 0 bridgehead atoms. The summed E-state index contributed by atoms with van der Waals surface area (Å²) in [5, 5.41) is 14.2. The number of hydrogen-bond donors (Lipinski definition) is 3. The molecule has 1 aromatic heterocycles. The Morgan fingerprint density at radius 3 is 2.95 bits per heavy atom. The van der Waals surface area contributed by atoms with Crippen LogP contribution in [0, 0.1) is 6.92 Å². The molecular weight excluding hydrogens is 258 g/mol. The van der Waals surface area contributed by atoms with Crippen LogP contribution in [-0.2, 0) is 0 Å². The lowest BCUT2D eigenvalue weighted by Gasteiger charge is -2.12. The van der Waals surface area contributed by atoms with Gasteiger partial charge in [0.2, 0.25) is 5.89 Å². The largest absolute Gasteiger partial charge is 0.441 e. The molecule has 2 rings (SSSR count). The van der Waals surface area contributed by atoms with Gasteiger partial charge in [0, 0.05) is 11.3 Å². The highest BCUT2D eigenvalue weighted by molar-refractivity contribution is 5.90. The smallest absolute Gasteiger partial charge is 0.319 e. The Bertz CT molecular complexity index is 595. The highest BCUT2D eigenvalue weighted by atomic mass is 16.4. The van der Waals surface area contributed by atoms with E-state index in [0.29, 0.717) is 11.6 Å². The van der Waals surface area contributed by atoms with Crippen molar-refractivity contribution in [2.24, 2.45) is 0 Å². The molecule has 1 atom stereocenters. The van der Waals surface area contributed by atoms with Crippen LogP contribution in [0.3, 0.4) is 0 Å². The molecule has 0 radical (unpaired) electrons. The van der Waals surface area contributed by atoms with Gasteiger partial charge >= 0.3 is 6.03 Å². The Morgan fingerprint density at radius 2 is 2.30 bits per heavy atom. The number of carbonyl (C=O) groups excluding carboxylic acids is 1. The van der Waals surface area contributed by atoms with Crippen molar-refractivity contribution >= 4 is 11.7 Å². The number of nitrogens with zero attached hydrogens (tertiary/aromatic N) is 1. The third-order valence-corrected chi connectivity index (χ3v) is 2.64. The zero-order valence-electron chi connectivity index (χ0n) is 11.4. The Balaban J connectivity index is 2.08. The molecule has 0 saturated heterocycles. The molecule has 0 saturated carbocycles. The highest BCUT2D eigenvalue weighted by Crippen LogP contribution is 2.22. The number of aromatic nitrogens is 1. The van der Waals surface area contributed by atoms with Crippen molar-refractivity contribution in [1.29, 1.82) is 0 Å². The topological polar surface area (TPSA) is 87.4 Å². The molecule has 20 heavy (non-hydrogen) atoms. The maximum absolute atomic E-state index is 11.7. The first-order valence-corrected chi connectivity index (χ1v) is 6.29. The Morgan fingerprint density at radius 1 is 1.50 bits per heavy atom. The van der Waals surface area contributed by atoms with Crippen LogP contribution in [0.15, 0.2) is 34.9 Å². The first-order valence-electron chi connectivity index (χ1n) is 6.29. The summed E-state index contributed by atoms with van der Waals surface area (Å²) in [6.45, 7) is 3.43. The molecule has 1 heterocycles. The third-order valence-electron chi connectivity index (χ3n) is 2.64. The molecule has 0 fully saturated rings. The maximum atomic E-state index is 11.7. The molecule has 6 nitrogen and oxygen atoms in total. The standard InChI is InChI=1S/C14H17N3O3/c1-9(8-18)16-14(19)17-12-5-3-4-11(6-12)13-15-7-10(2)20-13/h3-7,9,18H,8H2,1-2H3,(H2,16,17,19). The molecule has 1 unspecified atom stereocenters. The summed E-state index contributed by atoms with van der Waals surface area (Å²) in [6, 6.07) is 6.53. The number of aliphatic hydroxyl groups excluding tert-OH is 1. The van der Waals surface area contributed by atoms with Crippen LogP contribution in [0.2, 0.25) is 0 Å². The maximum Gasteiger partial charge on any atom is 0.319 e. The van der Waals surface area contributed by atoms with Gasteiger partial charge in [-0.25, -0.2) is 9.78 Å². The molecule has 2 aromatic rings. The predicted octanol–water partition coefficient (Wildman–Crippen LogP) is 2.15. The molecule has 3 N–H and O–H groups in total. The fraction of sp³-hybridized carbons (Fsp3) is 0.286. The van der Waals surface area contributed by atoms with E-state index in [4.69, 9.17) is 9.52 Å². The zero-order chi connectivity index (χ0) is 14.5. The molecule has 0 spiro atoms. The molecular formula is C14H17N3O3. The van der Waals surface area contributed by atoms with E-state index in [1.165, 1.54) is 0 Å². The van der Waals surface area contributed by atoms with Crippen LogP contribution < -0.4 is 10.6 Å². The monoisotopic (exact) mass is 275 g/mol. The lowest BCUT2D eigenvalue weighted by molar-refractivity contribution is 0.229. The number of nitrogens with one attached hydrogen (secondary N) is 2. The van der Waals surface area contributed by atoms with Gasteiger partial charge in [0.25, 0.3) is 0 Å². The number of rotatable bonds is 4. The Hall–Kier alpha value is -2.34. The van der Waals surface area contributed by atoms with Crippen LogP contribution in [-0.4, -0.2) is 28.8 Å². The summed E-state index contributed by atoms with van der Waals surface area (Å²) in [4.78, 5) is 15.8. The normalized spacial score (nSPS) is 11.9. The Kier molecular flexibility index (Phi) is 4.37. The van der Waals surface area contributed by atoms with Crippen LogP contribution in [0.25, 0.3) is 11.5 Å². The number of carbonyl (C=O) groups is 1. The molecule has 0 aliphatic carbocycles. The van der Waals surface area contributed by atoms with Crippen LogP contribution in [0.1, 0.15) is 12.7 Å². The zero-order valence-corrected chi connectivity index (χ0v) is 11.4. The van der Waals surface area contributed by atoms with Crippen molar-refractivity contribution in [3.05, 3.63) is 36.2 Å². The SMILES string of the molecule is Cc1cnc(-c2cccc(NC(=O)NC(C)CO)c2)o1. The number of urea groups is 1. The van der Waals surface area contributed by atoms with Crippen molar-refractivity contribution < 1.29 is 14.3 Å². The quantitative estimate of drug-likeness (QED) is 0.798. The first-order chi connectivity index (χ1) is 9.58. The lowest BCUT2D eigenvalue weighted by atomic mass is 10.2. The van der Waals surface area contributed by atoms with Gasteiger partial charge in [-0.2, -0.15) is 0 Å². The van der Waals surface area contributed by atoms with E-state index in [9.17, 15) is 4.79 Å². The number of aliphatic hydroxyl groups is 1. The van der Waals surface area contributed by atoms with Gasteiger partial charge in [-0.05, 0) is 32.0 Å². The molecule has 0 aliphatic rings. The van der Waals surface area contributed by atoms with Gasteiger partial charge in [0.05, 0.1) is 18.8 Å². The fourth-order valence-electron chi connectivity index (χ4n) is 1.65. The van der Waals surface area contributed by atoms with E-state index in [1.807, 2.05) is 13.0 Å². The minimum Gasteiger partial charge on any atom is -0.441 e. The summed E-state index contributed by atoms with van der Waals surface area (Å²) < 4.78 is 5.44. The van der Waals surface area contributed by atoms with Gasteiger partial charge < -0.3 is 20.2 Å². The molecule has 0 aliphatic heterocycles.